The van der Waals surface area contributed by atoms with Gasteiger partial charge in [0, 0.05) is 24.8 Å². The first-order valence-electron chi connectivity index (χ1n) is 14.5. The second-order valence-electron chi connectivity index (χ2n) is 13.8. The van der Waals surface area contributed by atoms with E-state index in [1.54, 1.807) is 73.3 Å². The molecule has 2 rings (SSSR count). The quantitative estimate of drug-likeness (QED) is 0.293. The van der Waals surface area contributed by atoms with Crippen LogP contribution >= 0.6 is 0 Å². The van der Waals surface area contributed by atoms with E-state index >= 15 is 0 Å². The SMILES string of the molecule is CC(C)(C)OC(=O)CN(CC(=O)OC(C)(C)C)C1CCCCC1N(CC(=O)OC(C)(C)C)Cc1ccc(C(=O)O)cn1. The lowest BCUT2D eigenvalue weighted by Gasteiger charge is -2.44. The fourth-order valence-electron chi connectivity index (χ4n) is 5.00. The lowest BCUT2D eigenvalue weighted by molar-refractivity contribution is -0.164. The number of ether oxygens (including phenoxy) is 3. The molecule has 11 nitrogen and oxygen atoms in total. The largest absolute Gasteiger partial charge is 0.478 e. The van der Waals surface area contributed by atoms with Gasteiger partial charge < -0.3 is 19.3 Å². The predicted octanol–water partition coefficient (Wildman–Crippen LogP) is 4.22. The van der Waals surface area contributed by atoms with Crippen molar-refractivity contribution in [3.05, 3.63) is 29.6 Å². The molecule has 1 heterocycles. The van der Waals surface area contributed by atoms with Crippen molar-refractivity contribution in [1.82, 2.24) is 14.8 Å². The number of carboxylic acid groups (broad SMARTS) is 1. The standard InChI is InChI=1S/C31H49N3O8/c1-29(2,3)40-25(35)18-33(17-22-15-14-21(16-32-22)28(38)39)23-12-10-11-13-24(23)34(19-26(36)41-30(4,5)6)20-27(37)42-31(7,8)9/h14-16,23-24H,10-13,17-20H2,1-9H3,(H,38,39). The maximum absolute atomic E-state index is 13.1. The Morgan fingerprint density at radius 1 is 0.738 bits per heavy atom. The van der Waals surface area contributed by atoms with E-state index in [4.69, 9.17) is 14.2 Å². The zero-order valence-corrected chi connectivity index (χ0v) is 26.7. The molecule has 1 aromatic heterocycles. The number of aromatic carboxylic acids is 1. The van der Waals surface area contributed by atoms with E-state index in [1.165, 1.54) is 12.3 Å². The van der Waals surface area contributed by atoms with Crippen LogP contribution in [0.2, 0.25) is 0 Å². The zero-order valence-electron chi connectivity index (χ0n) is 26.7. The number of carbonyl (C=O) groups is 4. The zero-order chi connectivity index (χ0) is 31.9. The number of hydrogen-bond donors (Lipinski definition) is 1. The third-order valence-corrected chi connectivity index (χ3v) is 6.33. The summed E-state index contributed by atoms with van der Waals surface area (Å²) in [5, 5.41) is 9.28. The molecule has 2 atom stereocenters. The molecule has 1 N–H and O–H groups in total. The van der Waals surface area contributed by atoms with Crippen LogP contribution in [0.3, 0.4) is 0 Å². The number of carbonyl (C=O) groups excluding carboxylic acids is 3. The number of esters is 3. The number of aromatic nitrogens is 1. The fraction of sp³-hybridized carbons (Fsp3) is 0.710. The van der Waals surface area contributed by atoms with Crippen LogP contribution in [0.15, 0.2) is 18.3 Å². The summed E-state index contributed by atoms with van der Waals surface area (Å²) in [6.07, 6.45) is 4.46. The van der Waals surface area contributed by atoms with Gasteiger partial charge in [-0.15, -0.1) is 0 Å². The van der Waals surface area contributed by atoms with Gasteiger partial charge in [0.15, 0.2) is 0 Å². The van der Waals surface area contributed by atoms with E-state index in [0.717, 1.165) is 12.8 Å². The van der Waals surface area contributed by atoms with Gasteiger partial charge in [0.2, 0.25) is 0 Å². The van der Waals surface area contributed by atoms with Gasteiger partial charge in [-0.25, -0.2) is 4.79 Å². The Labute approximate surface area is 249 Å². The lowest BCUT2D eigenvalue weighted by Crippen LogP contribution is -2.57. The first kappa shape index (κ1) is 35.1. The maximum Gasteiger partial charge on any atom is 0.337 e. The van der Waals surface area contributed by atoms with Crippen LogP contribution in [0.4, 0.5) is 0 Å². The number of nitrogens with zero attached hydrogens (tertiary/aromatic N) is 3. The molecule has 236 valence electrons. The Balaban J connectivity index is 2.44. The molecule has 1 aromatic rings. The van der Waals surface area contributed by atoms with Gasteiger partial charge in [-0.3, -0.25) is 29.2 Å². The monoisotopic (exact) mass is 591 g/mol. The Bertz CT molecular complexity index is 1050. The van der Waals surface area contributed by atoms with Crippen LogP contribution in [0, 0.1) is 0 Å². The van der Waals surface area contributed by atoms with Crippen molar-refractivity contribution < 1.29 is 38.5 Å². The number of carboxylic acids is 1. The van der Waals surface area contributed by atoms with Gasteiger partial charge in [-0.2, -0.15) is 0 Å². The lowest BCUT2D eigenvalue weighted by atomic mass is 9.87. The Kier molecular flexibility index (Phi) is 12.1. The van der Waals surface area contributed by atoms with Gasteiger partial charge in [0.1, 0.15) is 16.8 Å². The van der Waals surface area contributed by atoms with Crippen molar-refractivity contribution in [3.63, 3.8) is 0 Å². The van der Waals surface area contributed by atoms with E-state index in [0.29, 0.717) is 18.5 Å². The molecular formula is C31H49N3O8. The van der Waals surface area contributed by atoms with Crippen molar-refractivity contribution in [3.8, 4) is 0 Å². The molecule has 0 spiro atoms. The molecular weight excluding hydrogens is 542 g/mol. The summed E-state index contributed by atoms with van der Waals surface area (Å²) >= 11 is 0. The minimum absolute atomic E-state index is 0.0481. The molecule has 11 heteroatoms. The van der Waals surface area contributed by atoms with Crippen molar-refractivity contribution in [2.24, 2.45) is 0 Å². The molecule has 0 saturated heterocycles. The number of hydrogen-bond acceptors (Lipinski definition) is 10. The molecule has 1 aliphatic carbocycles. The second-order valence-corrected chi connectivity index (χ2v) is 13.8. The topological polar surface area (TPSA) is 136 Å². The van der Waals surface area contributed by atoms with Gasteiger partial charge in [0.05, 0.1) is 30.9 Å². The molecule has 0 amide bonds. The Hall–Kier alpha value is -3.05. The van der Waals surface area contributed by atoms with Gasteiger partial charge >= 0.3 is 23.9 Å². The first-order valence-corrected chi connectivity index (χ1v) is 14.5. The van der Waals surface area contributed by atoms with Crippen molar-refractivity contribution >= 4 is 23.9 Å². The van der Waals surface area contributed by atoms with E-state index in [1.807, 2.05) is 4.90 Å². The summed E-state index contributed by atoms with van der Waals surface area (Å²) in [5.41, 5.74) is -1.43. The minimum Gasteiger partial charge on any atom is -0.478 e. The van der Waals surface area contributed by atoms with Crippen LogP contribution in [0.5, 0.6) is 0 Å². The van der Waals surface area contributed by atoms with Crippen molar-refractivity contribution in [2.75, 3.05) is 19.6 Å². The van der Waals surface area contributed by atoms with Crippen LogP contribution < -0.4 is 0 Å². The average Bonchev–Trinajstić information content (AvgIpc) is 2.80. The summed E-state index contributed by atoms with van der Waals surface area (Å²) < 4.78 is 16.9. The molecule has 1 aliphatic rings. The van der Waals surface area contributed by atoms with E-state index in [9.17, 15) is 24.3 Å². The van der Waals surface area contributed by atoms with Crippen molar-refractivity contribution in [2.45, 2.75) is 123 Å². The highest BCUT2D eigenvalue weighted by molar-refractivity contribution is 5.87. The smallest absolute Gasteiger partial charge is 0.337 e. The normalized spacial score (nSPS) is 18.1. The number of pyridine rings is 1. The van der Waals surface area contributed by atoms with Crippen LogP contribution in [-0.2, 0) is 35.1 Å². The van der Waals surface area contributed by atoms with Gasteiger partial charge in [-0.05, 0) is 87.3 Å². The van der Waals surface area contributed by atoms with Gasteiger partial charge in [0.25, 0.3) is 0 Å². The van der Waals surface area contributed by atoms with Crippen LogP contribution in [-0.4, -0.2) is 92.3 Å². The van der Waals surface area contributed by atoms with Crippen LogP contribution in [0.1, 0.15) is 104 Å². The minimum atomic E-state index is -1.08. The average molecular weight is 592 g/mol. The third-order valence-electron chi connectivity index (χ3n) is 6.33. The summed E-state index contributed by atoms with van der Waals surface area (Å²) in [7, 11) is 0. The van der Waals surface area contributed by atoms with Crippen molar-refractivity contribution in [1.29, 1.82) is 0 Å². The Morgan fingerprint density at radius 3 is 1.50 bits per heavy atom. The fourth-order valence-corrected chi connectivity index (χ4v) is 5.00. The number of rotatable bonds is 11. The molecule has 2 unspecified atom stereocenters. The summed E-state index contributed by atoms with van der Waals surface area (Å²) in [6.45, 7) is 16.1. The molecule has 1 fully saturated rings. The van der Waals surface area contributed by atoms with E-state index < -0.39 is 40.7 Å². The van der Waals surface area contributed by atoms with Crippen LogP contribution in [0.25, 0.3) is 0 Å². The molecule has 0 bridgehead atoms. The molecule has 0 radical (unpaired) electrons. The highest BCUT2D eigenvalue weighted by Crippen LogP contribution is 2.29. The first-order chi connectivity index (χ1) is 19.2. The van der Waals surface area contributed by atoms with Gasteiger partial charge in [-0.1, -0.05) is 12.8 Å². The summed E-state index contributed by atoms with van der Waals surface area (Å²) in [6, 6.07) is 2.59. The Morgan fingerprint density at radius 2 is 1.14 bits per heavy atom. The highest BCUT2D eigenvalue weighted by atomic mass is 16.6. The summed E-state index contributed by atoms with van der Waals surface area (Å²) in [4.78, 5) is 58.5. The summed E-state index contributed by atoms with van der Waals surface area (Å²) in [5.74, 6) is -2.41. The highest BCUT2D eigenvalue weighted by Gasteiger charge is 2.38. The van der Waals surface area contributed by atoms with E-state index in [2.05, 4.69) is 4.98 Å². The molecule has 0 aliphatic heterocycles. The van der Waals surface area contributed by atoms with E-state index in [-0.39, 0.29) is 43.8 Å². The maximum atomic E-state index is 13.1. The molecule has 1 saturated carbocycles. The second kappa shape index (κ2) is 14.4. The molecule has 0 aromatic carbocycles. The molecule has 42 heavy (non-hydrogen) atoms. The predicted molar refractivity (Wildman–Crippen MR) is 157 cm³/mol. The third kappa shape index (κ3) is 12.9.